The van der Waals surface area contributed by atoms with Crippen molar-refractivity contribution in [1.82, 2.24) is 15.1 Å². The van der Waals surface area contributed by atoms with E-state index in [0.29, 0.717) is 20.8 Å². The maximum absolute atomic E-state index is 13.8. The van der Waals surface area contributed by atoms with Gasteiger partial charge in [0.1, 0.15) is 10.8 Å². The van der Waals surface area contributed by atoms with Gasteiger partial charge < -0.3 is 4.90 Å². The summed E-state index contributed by atoms with van der Waals surface area (Å²) >= 11 is 12.9. The average Bonchev–Trinajstić information content (AvgIpc) is 2.52. The number of amides is 1. The van der Waals surface area contributed by atoms with Crippen molar-refractivity contribution >= 4 is 40.9 Å². The summed E-state index contributed by atoms with van der Waals surface area (Å²) in [5.74, 6) is -0.591. The summed E-state index contributed by atoms with van der Waals surface area (Å²) in [4.78, 5) is 13.8. The minimum atomic E-state index is -0.430. The Labute approximate surface area is 148 Å². The Morgan fingerprint density at radius 2 is 2.04 bits per heavy atom. The lowest BCUT2D eigenvalue weighted by Gasteiger charge is -2.21. The van der Waals surface area contributed by atoms with Gasteiger partial charge in [0.15, 0.2) is 5.15 Å². The number of halogens is 3. The molecule has 8 heteroatoms. The Morgan fingerprint density at radius 1 is 1.30 bits per heavy atom. The van der Waals surface area contributed by atoms with Gasteiger partial charge in [-0.25, -0.2) is 4.39 Å². The molecule has 0 saturated carbocycles. The molecule has 0 aliphatic rings. The highest BCUT2D eigenvalue weighted by Gasteiger charge is 2.21. The smallest absolute Gasteiger partial charge is 0.235 e. The molecule has 1 aromatic carbocycles. The number of carbonyl (C=O) groups is 1. The van der Waals surface area contributed by atoms with Crippen LogP contribution in [0.2, 0.25) is 10.2 Å². The van der Waals surface area contributed by atoms with Crippen LogP contribution >= 0.6 is 35.0 Å². The Hall–Kier alpha value is -1.37. The van der Waals surface area contributed by atoms with Gasteiger partial charge in [-0.15, -0.1) is 10.2 Å². The minimum Gasteiger partial charge on any atom is -0.340 e. The lowest BCUT2D eigenvalue weighted by atomic mass is 10.2. The normalized spacial score (nSPS) is 12.0. The highest BCUT2D eigenvalue weighted by molar-refractivity contribution is 8.00. The summed E-state index contributed by atoms with van der Waals surface area (Å²) in [5.41, 5.74) is 0.300. The number of benzene rings is 1. The third-order valence-electron chi connectivity index (χ3n) is 3.09. The highest BCUT2D eigenvalue weighted by atomic mass is 35.5. The van der Waals surface area contributed by atoms with Crippen LogP contribution < -0.4 is 0 Å². The van der Waals surface area contributed by atoms with E-state index in [9.17, 15) is 9.18 Å². The third kappa shape index (κ3) is 4.80. The van der Waals surface area contributed by atoms with Crippen molar-refractivity contribution in [3.63, 3.8) is 0 Å². The molecule has 1 atom stereocenters. The first kappa shape index (κ1) is 18.0. The molecule has 1 aromatic heterocycles. The Bertz CT molecular complexity index is 679. The number of hydrogen-bond acceptors (Lipinski definition) is 4. The Morgan fingerprint density at radius 3 is 2.65 bits per heavy atom. The monoisotopic (exact) mass is 373 g/mol. The number of thioether (sulfide) groups is 1. The first-order valence-corrected chi connectivity index (χ1v) is 8.36. The molecule has 0 unspecified atom stereocenters. The van der Waals surface area contributed by atoms with Gasteiger partial charge in [-0.05, 0) is 31.2 Å². The molecule has 0 bridgehead atoms. The highest BCUT2D eigenvalue weighted by Crippen LogP contribution is 2.24. The van der Waals surface area contributed by atoms with E-state index in [0.717, 1.165) is 0 Å². The summed E-state index contributed by atoms with van der Waals surface area (Å²) in [6.45, 7) is 1.85. The standard InChI is InChI=1S/C15H14Cl2FN3OS/c1-9(23-14-7-6-13(17)19-20-14)15(22)21(2)8-10-11(16)4-3-5-12(10)18/h3-7,9H,8H2,1-2H3/t9-/m0/s1. The molecule has 0 spiro atoms. The lowest BCUT2D eigenvalue weighted by molar-refractivity contribution is -0.129. The lowest BCUT2D eigenvalue weighted by Crippen LogP contribution is -2.33. The molecule has 4 nitrogen and oxygen atoms in total. The molecule has 122 valence electrons. The number of rotatable bonds is 5. The third-order valence-corrected chi connectivity index (χ3v) is 4.66. The molecular weight excluding hydrogens is 360 g/mol. The minimum absolute atomic E-state index is 0.0987. The van der Waals surface area contributed by atoms with Crippen LogP contribution in [0.25, 0.3) is 0 Å². The van der Waals surface area contributed by atoms with Gasteiger partial charge in [0.25, 0.3) is 0 Å². The molecule has 0 fully saturated rings. The van der Waals surface area contributed by atoms with Crippen molar-refractivity contribution in [3.05, 3.63) is 51.9 Å². The van der Waals surface area contributed by atoms with Crippen LogP contribution in [-0.2, 0) is 11.3 Å². The van der Waals surface area contributed by atoms with Gasteiger partial charge in [0, 0.05) is 24.2 Å². The first-order chi connectivity index (χ1) is 10.9. The van der Waals surface area contributed by atoms with Gasteiger partial charge >= 0.3 is 0 Å². The zero-order valence-electron chi connectivity index (χ0n) is 12.5. The van der Waals surface area contributed by atoms with Crippen LogP contribution in [0.15, 0.2) is 35.4 Å². The van der Waals surface area contributed by atoms with Crippen LogP contribution in [0.5, 0.6) is 0 Å². The summed E-state index contributed by atoms with van der Waals surface area (Å²) in [5, 5.41) is 8.41. The second kappa shape index (κ2) is 7.95. The second-order valence-electron chi connectivity index (χ2n) is 4.85. The van der Waals surface area contributed by atoms with Crippen molar-refractivity contribution in [1.29, 1.82) is 0 Å². The van der Waals surface area contributed by atoms with Gasteiger partial charge in [-0.3, -0.25) is 4.79 Å². The van der Waals surface area contributed by atoms with Gasteiger partial charge in [-0.1, -0.05) is 41.0 Å². The largest absolute Gasteiger partial charge is 0.340 e. The Kier molecular flexibility index (Phi) is 6.21. The average molecular weight is 374 g/mol. The van der Waals surface area contributed by atoms with Crippen molar-refractivity contribution in [2.75, 3.05) is 7.05 Å². The molecule has 2 rings (SSSR count). The van der Waals surface area contributed by atoms with Crippen molar-refractivity contribution in [3.8, 4) is 0 Å². The molecule has 0 aliphatic carbocycles. The van der Waals surface area contributed by atoms with Gasteiger partial charge in [0.05, 0.1) is 5.25 Å². The van der Waals surface area contributed by atoms with Crippen molar-refractivity contribution < 1.29 is 9.18 Å². The number of aromatic nitrogens is 2. The first-order valence-electron chi connectivity index (χ1n) is 6.72. The SMILES string of the molecule is C[C@H](Sc1ccc(Cl)nn1)C(=O)N(C)Cc1c(F)cccc1Cl. The fourth-order valence-corrected chi connectivity index (χ4v) is 3.11. The summed E-state index contributed by atoms with van der Waals surface area (Å²) in [7, 11) is 1.61. The predicted octanol–water partition coefficient (Wildman–Crippen LogP) is 4.06. The van der Waals surface area contributed by atoms with Crippen LogP contribution in [0.4, 0.5) is 4.39 Å². The van der Waals surface area contributed by atoms with E-state index < -0.39 is 11.1 Å². The van der Waals surface area contributed by atoms with Crippen LogP contribution in [-0.4, -0.2) is 33.3 Å². The molecular formula is C15H14Cl2FN3OS. The fraction of sp³-hybridized carbons (Fsp3) is 0.267. The molecule has 0 N–H and O–H groups in total. The molecule has 0 radical (unpaired) electrons. The molecule has 2 aromatic rings. The quantitative estimate of drug-likeness (QED) is 0.741. The van der Waals surface area contributed by atoms with Crippen LogP contribution in [0.1, 0.15) is 12.5 Å². The number of carbonyl (C=O) groups excluding carboxylic acids is 1. The topological polar surface area (TPSA) is 46.1 Å². The van der Waals surface area contributed by atoms with E-state index in [1.807, 2.05) is 0 Å². The van der Waals surface area contributed by atoms with E-state index in [-0.39, 0.29) is 12.5 Å². The zero-order chi connectivity index (χ0) is 17.0. The molecule has 1 heterocycles. The second-order valence-corrected chi connectivity index (χ2v) is 7.00. The fourth-order valence-electron chi connectivity index (χ4n) is 1.91. The van der Waals surface area contributed by atoms with E-state index >= 15 is 0 Å². The van der Waals surface area contributed by atoms with Crippen LogP contribution in [0.3, 0.4) is 0 Å². The predicted molar refractivity (Wildman–Crippen MR) is 90.2 cm³/mol. The van der Waals surface area contributed by atoms with Crippen LogP contribution in [0, 0.1) is 5.82 Å². The van der Waals surface area contributed by atoms with Crippen molar-refractivity contribution in [2.45, 2.75) is 23.7 Å². The summed E-state index contributed by atoms with van der Waals surface area (Å²) in [6.07, 6.45) is 0. The number of hydrogen-bond donors (Lipinski definition) is 0. The summed E-state index contributed by atoms with van der Waals surface area (Å²) in [6, 6.07) is 7.75. The van der Waals surface area contributed by atoms with E-state index in [1.54, 1.807) is 32.2 Å². The van der Waals surface area contributed by atoms with Gasteiger partial charge in [-0.2, -0.15) is 0 Å². The van der Waals surface area contributed by atoms with Crippen molar-refractivity contribution in [2.24, 2.45) is 0 Å². The number of nitrogens with zero attached hydrogens (tertiary/aromatic N) is 3. The maximum Gasteiger partial charge on any atom is 0.235 e. The van der Waals surface area contributed by atoms with E-state index in [4.69, 9.17) is 23.2 Å². The van der Waals surface area contributed by atoms with Gasteiger partial charge in [0.2, 0.25) is 5.91 Å². The summed E-state index contributed by atoms with van der Waals surface area (Å²) < 4.78 is 13.8. The molecule has 1 amide bonds. The molecule has 23 heavy (non-hydrogen) atoms. The zero-order valence-corrected chi connectivity index (χ0v) is 14.8. The molecule has 0 aliphatic heterocycles. The Balaban J connectivity index is 2.02. The maximum atomic E-state index is 13.8. The van der Waals surface area contributed by atoms with E-state index in [1.165, 1.54) is 28.8 Å². The molecule has 0 saturated heterocycles. The van der Waals surface area contributed by atoms with E-state index in [2.05, 4.69) is 10.2 Å².